The highest BCUT2D eigenvalue weighted by Crippen LogP contribution is 2.66. The lowest BCUT2D eigenvalue weighted by atomic mass is 10.1. The number of rotatable bonds is 7. The molecule has 0 aromatic rings. The molecule has 0 amide bonds. The zero-order chi connectivity index (χ0) is 17.4. The molecule has 1 saturated heterocycles. The lowest BCUT2D eigenvalue weighted by Crippen LogP contribution is -2.39. The fourth-order valence-corrected chi connectivity index (χ4v) is 4.59. The fourth-order valence-electron chi connectivity index (χ4n) is 1.55. The van der Waals surface area contributed by atoms with Gasteiger partial charge in [0.1, 0.15) is 12.7 Å². The second-order valence-electron chi connectivity index (χ2n) is 4.33. The van der Waals surface area contributed by atoms with E-state index in [0.717, 1.165) is 0 Å². The second-order valence-corrected chi connectivity index (χ2v) is 8.75. The summed E-state index contributed by atoms with van der Waals surface area (Å²) in [6.07, 6.45) is -2.53. The molecule has 1 heterocycles. The molecule has 132 valence electrons. The van der Waals surface area contributed by atoms with Crippen molar-refractivity contribution in [2.24, 2.45) is 0 Å². The summed E-state index contributed by atoms with van der Waals surface area (Å²) in [7, 11) is -16.6. The van der Waals surface area contributed by atoms with E-state index in [9.17, 15) is 23.2 Å². The number of hydrogen-bond acceptors (Lipinski definition) is 8. The van der Waals surface area contributed by atoms with Crippen LogP contribution in [0.4, 0.5) is 4.39 Å². The van der Waals surface area contributed by atoms with Crippen LogP contribution < -0.4 is 0 Å². The van der Waals surface area contributed by atoms with Crippen molar-refractivity contribution in [3.63, 3.8) is 0 Å². The van der Waals surface area contributed by atoms with E-state index in [4.69, 9.17) is 19.6 Å². The van der Waals surface area contributed by atoms with Crippen LogP contribution in [0.1, 0.15) is 13.3 Å². The molecular weight excluding hydrogens is 376 g/mol. The van der Waals surface area contributed by atoms with Gasteiger partial charge in [-0.2, -0.15) is 8.62 Å². The van der Waals surface area contributed by atoms with Crippen molar-refractivity contribution < 1.29 is 60.6 Å². The van der Waals surface area contributed by atoms with Crippen LogP contribution in [0, 0.1) is 0 Å². The zero-order valence-electron chi connectivity index (χ0n) is 10.9. The number of alkyl halides is 1. The number of aliphatic hydroxyl groups is 1. The third-order valence-electron chi connectivity index (χ3n) is 2.29. The summed E-state index contributed by atoms with van der Waals surface area (Å²) >= 11 is 0. The predicted molar refractivity (Wildman–Crippen MR) is 64.8 cm³/mol. The first-order valence-corrected chi connectivity index (χ1v) is 9.99. The number of ether oxygens (including phenoxy) is 1. The van der Waals surface area contributed by atoms with Crippen molar-refractivity contribution in [2.75, 3.05) is 6.61 Å². The number of halogens is 1. The standard InChI is InChI=1S/C6H14FO12P3/c1-4-2-5(8)6(7,17-4)3-16-21(12,13)19-22(14,15)18-20(9,10)11/h4-5,8H,2-3H2,1H3,(H,12,13)(H,14,15)(H2,9,10,11)/t4-,5+,6+/m0/s1. The Kier molecular flexibility index (Phi) is 6.13. The minimum absolute atomic E-state index is 0.129. The molecule has 12 nitrogen and oxygen atoms in total. The van der Waals surface area contributed by atoms with Crippen molar-refractivity contribution in [2.45, 2.75) is 31.4 Å². The third-order valence-corrected chi connectivity index (χ3v) is 6.07. The SMILES string of the molecule is C[C@H]1C[C@@H](O)[C@@](F)(COP(=O)(O)OP(=O)(O)OP(=O)(O)O)O1. The molecule has 5 atom stereocenters. The van der Waals surface area contributed by atoms with Crippen molar-refractivity contribution in [1.29, 1.82) is 0 Å². The lowest BCUT2D eigenvalue weighted by Gasteiger charge is -2.24. The maximum Gasteiger partial charge on any atom is 0.490 e. The molecule has 16 heteroatoms. The molecule has 5 N–H and O–H groups in total. The van der Waals surface area contributed by atoms with E-state index < -0.39 is 48.1 Å². The summed E-state index contributed by atoms with van der Waals surface area (Å²) in [4.78, 5) is 34.6. The van der Waals surface area contributed by atoms with Gasteiger partial charge >= 0.3 is 23.5 Å². The quantitative estimate of drug-likeness (QED) is 0.371. The Morgan fingerprint density at radius 1 is 1.18 bits per heavy atom. The smallest absolute Gasteiger partial charge is 0.387 e. The van der Waals surface area contributed by atoms with Crippen molar-refractivity contribution in [3.8, 4) is 0 Å². The van der Waals surface area contributed by atoms with Crippen molar-refractivity contribution in [3.05, 3.63) is 0 Å². The normalized spacial score (nSPS) is 35.0. The van der Waals surface area contributed by atoms with Crippen LogP contribution in [0.3, 0.4) is 0 Å². The fraction of sp³-hybridized carbons (Fsp3) is 1.00. The van der Waals surface area contributed by atoms with Gasteiger partial charge in [-0.1, -0.05) is 0 Å². The molecule has 22 heavy (non-hydrogen) atoms. The summed E-state index contributed by atoms with van der Waals surface area (Å²) in [5, 5.41) is 9.38. The average molecular weight is 390 g/mol. The first kappa shape index (κ1) is 20.3. The van der Waals surface area contributed by atoms with E-state index in [2.05, 4.69) is 17.9 Å². The van der Waals surface area contributed by atoms with Crippen molar-refractivity contribution >= 4 is 23.5 Å². The highest BCUT2D eigenvalue weighted by Gasteiger charge is 2.50. The molecule has 0 aromatic heterocycles. The molecule has 2 unspecified atom stereocenters. The van der Waals surface area contributed by atoms with E-state index in [1.807, 2.05) is 0 Å². The van der Waals surface area contributed by atoms with Gasteiger partial charge in [-0.3, -0.25) is 4.52 Å². The number of hydrogen-bond donors (Lipinski definition) is 5. The maximum absolute atomic E-state index is 14.0. The maximum atomic E-state index is 14.0. The van der Waals surface area contributed by atoms with Gasteiger partial charge in [0.05, 0.1) is 6.10 Å². The van der Waals surface area contributed by atoms with Crippen LogP contribution in [0.25, 0.3) is 0 Å². The first-order valence-electron chi connectivity index (χ1n) is 5.47. The molecular formula is C6H14FO12P3. The van der Waals surface area contributed by atoms with Crippen LogP contribution in [0.15, 0.2) is 0 Å². The summed E-state index contributed by atoms with van der Waals surface area (Å²) < 4.78 is 62.3. The van der Waals surface area contributed by atoms with E-state index in [1.165, 1.54) is 6.92 Å². The Balaban J connectivity index is 2.67. The Morgan fingerprint density at radius 3 is 2.14 bits per heavy atom. The molecule has 0 bridgehead atoms. The first-order chi connectivity index (χ1) is 9.64. The highest BCUT2D eigenvalue weighted by molar-refractivity contribution is 7.66. The van der Waals surface area contributed by atoms with Crippen LogP contribution in [0.2, 0.25) is 0 Å². The topological polar surface area (TPSA) is 189 Å². The molecule has 1 aliphatic rings. The van der Waals surface area contributed by atoms with E-state index >= 15 is 0 Å². The molecule has 0 aromatic carbocycles. The Hall–Kier alpha value is 0.260. The second kappa shape index (κ2) is 6.64. The molecule has 0 radical (unpaired) electrons. The van der Waals surface area contributed by atoms with Gasteiger partial charge in [0.2, 0.25) is 0 Å². The predicted octanol–water partition coefficient (Wildman–Crippen LogP) is 0.165. The summed E-state index contributed by atoms with van der Waals surface area (Å²) in [6.45, 7) is 0.0670. The van der Waals surface area contributed by atoms with Gasteiger partial charge in [-0.15, -0.1) is 0 Å². The lowest BCUT2D eigenvalue weighted by molar-refractivity contribution is -0.190. The Bertz CT molecular complexity index is 547. The third kappa shape index (κ3) is 6.40. The minimum Gasteiger partial charge on any atom is -0.387 e. The van der Waals surface area contributed by atoms with Crippen molar-refractivity contribution in [1.82, 2.24) is 0 Å². The summed E-state index contributed by atoms with van der Waals surface area (Å²) in [5.41, 5.74) is 0. The largest absolute Gasteiger partial charge is 0.490 e. The minimum atomic E-state index is -5.67. The zero-order valence-corrected chi connectivity index (χ0v) is 13.6. The summed E-state index contributed by atoms with van der Waals surface area (Å²) in [6, 6.07) is 0. The van der Waals surface area contributed by atoms with Gasteiger partial charge in [0, 0.05) is 6.42 Å². The number of phosphoric acid groups is 3. The van der Waals surface area contributed by atoms with Gasteiger partial charge in [0.15, 0.2) is 0 Å². The number of aliphatic hydroxyl groups excluding tert-OH is 1. The monoisotopic (exact) mass is 390 g/mol. The highest BCUT2D eigenvalue weighted by atomic mass is 31.3. The van der Waals surface area contributed by atoms with Crippen LogP contribution in [-0.4, -0.2) is 49.3 Å². The van der Waals surface area contributed by atoms with Crippen LogP contribution >= 0.6 is 23.5 Å². The van der Waals surface area contributed by atoms with Gasteiger partial charge < -0.3 is 29.4 Å². The molecule has 1 fully saturated rings. The van der Waals surface area contributed by atoms with Crippen LogP contribution in [-0.2, 0) is 31.6 Å². The van der Waals surface area contributed by atoms with Gasteiger partial charge in [0.25, 0.3) is 5.85 Å². The van der Waals surface area contributed by atoms with Crippen LogP contribution in [0.5, 0.6) is 0 Å². The van der Waals surface area contributed by atoms with E-state index in [1.54, 1.807) is 0 Å². The average Bonchev–Trinajstić information content (AvgIpc) is 2.45. The van der Waals surface area contributed by atoms with E-state index in [-0.39, 0.29) is 6.42 Å². The van der Waals surface area contributed by atoms with Gasteiger partial charge in [-0.05, 0) is 6.92 Å². The molecule has 0 spiro atoms. The van der Waals surface area contributed by atoms with Gasteiger partial charge in [-0.25, -0.2) is 18.1 Å². The molecule has 0 saturated carbocycles. The Morgan fingerprint density at radius 2 is 1.73 bits per heavy atom. The number of phosphoric ester groups is 1. The molecule has 1 rings (SSSR count). The van der Waals surface area contributed by atoms with E-state index in [0.29, 0.717) is 0 Å². The molecule has 1 aliphatic heterocycles. The molecule has 0 aliphatic carbocycles. The summed E-state index contributed by atoms with van der Waals surface area (Å²) in [5.74, 6) is -2.86. The Labute approximate surface area is 123 Å².